The molecule has 3 aromatic rings. The van der Waals surface area contributed by atoms with Gasteiger partial charge in [-0.15, -0.1) is 10.2 Å². The topological polar surface area (TPSA) is 117 Å². The van der Waals surface area contributed by atoms with Gasteiger partial charge in [0.25, 0.3) is 5.91 Å². The van der Waals surface area contributed by atoms with E-state index in [0.29, 0.717) is 18.9 Å². The molecule has 1 unspecified atom stereocenters. The first-order valence-electron chi connectivity index (χ1n) is 12.5. The van der Waals surface area contributed by atoms with Crippen LogP contribution in [0.5, 0.6) is 11.5 Å². The smallest absolute Gasteiger partial charge is 0.261 e. The third kappa shape index (κ3) is 4.06. The third-order valence-electron chi connectivity index (χ3n) is 7.44. The van der Waals surface area contributed by atoms with Crippen molar-refractivity contribution in [2.24, 2.45) is 0 Å². The number of hydrogen-bond donors (Lipinski definition) is 1. The second-order valence-electron chi connectivity index (χ2n) is 9.76. The van der Waals surface area contributed by atoms with Crippen molar-refractivity contribution in [3.05, 3.63) is 59.4 Å². The van der Waals surface area contributed by atoms with Crippen molar-refractivity contribution in [1.82, 2.24) is 29.5 Å². The van der Waals surface area contributed by atoms with Gasteiger partial charge in [0.1, 0.15) is 46.6 Å². The van der Waals surface area contributed by atoms with Gasteiger partial charge in [-0.25, -0.2) is 9.37 Å². The summed E-state index contributed by atoms with van der Waals surface area (Å²) < 4.78 is 23.2. The molecule has 2 atom stereocenters. The van der Waals surface area contributed by atoms with E-state index < -0.39 is 11.9 Å². The predicted molar refractivity (Wildman–Crippen MR) is 139 cm³/mol. The Morgan fingerprint density at radius 1 is 1.26 bits per heavy atom. The summed E-state index contributed by atoms with van der Waals surface area (Å²) in [6, 6.07) is 3.31. The zero-order valence-electron chi connectivity index (χ0n) is 21.0. The number of nitrogens with zero attached hydrogens (tertiary/aromatic N) is 7. The van der Waals surface area contributed by atoms with Crippen LogP contribution < -0.4 is 9.64 Å². The van der Waals surface area contributed by atoms with Crippen LogP contribution in [0.15, 0.2) is 37.2 Å². The third-order valence-corrected chi connectivity index (χ3v) is 7.79. The van der Waals surface area contributed by atoms with Crippen LogP contribution in [-0.4, -0.2) is 84.8 Å². The molecular formula is C26H25ClFN7O4. The predicted octanol–water partition coefficient (Wildman–Crippen LogP) is 2.48. The highest BCUT2D eigenvalue weighted by Crippen LogP contribution is 2.46. The highest BCUT2D eigenvalue weighted by Gasteiger charge is 2.42. The number of fused-ring (bicyclic) bond motifs is 3. The van der Waals surface area contributed by atoms with Gasteiger partial charge in [-0.1, -0.05) is 24.2 Å². The number of benzene rings is 1. The molecule has 0 aliphatic carbocycles. The summed E-state index contributed by atoms with van der Waals surface area (Å²) in [5.41, 5.74) is -0.0954. The summed E-state index contributed by atoms with van der Waals surface area (Å²) >= 11 is 6.79. The van der Waals surface area contributed by atoms with Crippen LogP contribution in [0.2, 0.25) is 5.02 Å². The highest BCUT2D eigenvalue weighted by atomic mass is 35.5. The number of phenolic OH excluding ortho intramolecular Hbond substituents is 1. The fourth-order valence-electron chi connectivity index (χ4n) is 5.43. The largest absolute Gasteiger partial charge is 0.507 e. The maximum Gasteiger partial charge on any atom is 0.261 e. The van der Waals surface area contributed by atoms with Crippen LogP contribution >= 0.6 is 11.6 Å². The fraction of sp³-hybridized carbons (Fsp3) is 0.346. The van der Waals surface area contributed by atoms with E-state index >= 15 is 4.39 Å². The number of ether oxygens (including phenoxy) is 1. The van der Waals surface area contributed by atoms with Crippen molar-refractivity contribution in [1.29, 1.82) is 0 Å². The van der Waals surface area contributed by atoms with E-state index in [1.54, 1.807) is 16.1 Å². The van der Waals surface area contributed by atoms with E-state index in [2.05, 4.69) is 16.8 Å². The number of carbonyl (C=O) groups excluding carboxylic acids is 2. The van der Waals surface area contributed by atoms with Gasteiger partial charge in [0.15, 0.2) is 11.6 Å². The van der Waals surface area contributed by atoms with Crippen LogP contribution in [0.4, 0.5) is 10.2 Å². The summed E-state index contributed by atoms with van der Waals surface area (Å²) in [6.07, 6.45) is 2.89. The first kappa shape index (κ1) is 25.1. The number of halogens is 2. The molecule has 0 saturated carbocycles. The van der Waals surface area contributed by atoms with Crippen LogP contribution in [-0.2, 0) is 17.9 Å². The Morgan fingerprint density at radius 2 is 2.08 bits per heavy atom. The minimum Gasteiger partial charge on any atom is -0.507 e. The van der Waals surface area contributed by atoms with E-state index in [-0.39, 0.29) is 83.3 Å². The maximum absolute atomic E-state index is 15.0. The number of carbonyl (C=O) groups is 2. The van der Waals surface area contributed by atoms with Gasteiger partial charge in [-0.2, -0.15) is 0 Å². The van der Waals surface area contributed by atoms with Crippen molar-refractivity contribution in [2.45, 2.75) is 32.1 Å². The molecule has 0 radical (unpaired) electrons. The molecule has 202 valence electrons. The number of amides is 2. The molecular weight excluding hydrogens is 529 g/mol. The van der Waals surface area contributed by atoms with E-state index in [0.717, 1.165) is 0 Å². The number of pyridine rings is 1. The number of aromatic nitrogens is 4. The highest BCUT2D eigenvalue weighted by molar-refractivity contribution is 6.35. The summed E-state index contributed by atoms with van der Waals surface area (Å²) in [5.74, 6) is -0.691. The number of rotatable bonds is 3. The molecule has 1 fully saturated rings. The van der Waals surface area contributed by atoms with E-state index in [4.69, 9.17) is 21.3 Å². The Bertz CT molecular complexity index is 1490. The van der Waals surface area contributed by atoms with E-state index in [1.165, 1.54) is 24.3 Å². The minimum absolute atomic E-state index is 0.0450. The van der Waals surface area contributed by atoms with Gasteiger partial charge < -0.3 is 29.1 Å². The Labute approximate surface area is 228 Å². The molecule has 3 aliphatic heterocycles. The summed E-state index contributed by atoms with van der Waals surface area (Å²) in [6.45, 7) is 7.26. The molecule has 1 N–H and O–H groups in total. The van der Waals surface area contributed by atoms with Crippen molar-refractivity contribution in [3.63, 3.8) is 0 Å². The molecule has 39 heavy (non-hydrogen) atoms. The normalized spacial score (nSPS) is 20.5. The van der Waals surface area contributed by atoms with Gasteiger partial charge in [-0.05, 0) is 25.1 Å². The Morgan fingerprint density at radius 3 is 2.85 bits per heavy atom. The SMILES string of the molecule is C=CC(=O)N1CCN2C(=O)c3c(N4Cc5nncn5CC4C)nc(-c4c(O)cccc4F)c(Cl)c3OC[C@H]2C1. The molecule has 2 amide bonds. The number of phenols is 1. The Hall–Kier alpha value is -4.19. The maximum atomic E-state index is 15.0. The molecule has 3 aliphatic rings. The fourth-order valence-corrected chi connectivity index (χ4v) is 5.71. The lowest BCUT2D eigenvalue weighted by Crippen LogP contribution is -2.57. The van der Waals surface area contributed by atoms with Crippen molar-refractivity contribution >= 4 is 29.2 Å². The lowest BCUT2D eigenvalue weighted by atomic mass is 10.0. The molecule has 6 rings (SSSR count). The molecule has 5 heterocycles. The number of anilines is 1. The quantitative estimate of drug-likeness (QED) is 0.492. The zero-order chi connectivity index (χ0) is 27.4. The van der Waals surface area contributed by atoms with Crippen molar-refractivity contribution in [3.8, 4) is 22.8 Å². The second-order valence-corrected chi connectivity index (χ2v) is 10.1. The van der Waals surface area contributed by atoms with Crippen molar-refractivity contribution in [2.75, 3.05) is 31.1 Å². The van der Waals surface area contributed by atoms with Gasteiger partial charge >= 0.3 is 0 Å². The average molecular weight is 554 g/mol. The van der Waals surface area contributed by atoms with E-state index in [1.807, 2.05) is 16.4 Å². The molecule has 1 aromatic carbocycles. The van der Waals surface area contributed by atoms with E-state index in [9.17, 15) is 14.7 Å². The average Bonchev–Trinajstić information content (AvgIpc) is 3.32. The monoisotopic (exact) mass is 553 g/mol. The molecule has 0 bridgehead atoms. The van der Waals surface area contributed by atoms with Crippen LogP contribution in [0.25, 0.3) is 11.3 Å². The lowest BCUT2D eigenvalue weighted by Gasteiger charge is -2.40. The second kappa shape index (κ2) is 9.53. The standard InChI is InChI=1S/C26H25ClFN7O4/c1-3-19(37)32-7-8-34-15(10-32)12-39-24-21(26(34)38)25(35-11-18-31-29-13-33(18)9-14(35)2)30-23(22(24)27)20-16(28)5-4-6-17(20)36/h3-6,13-15,36H,1,7-12H2,2H3/t14?,15-/m1/s1. The lowest BCUT2D eigenvalue weighted by molar-refractivity contribution is -0.128. The summed E-state index contributed by atoms with van der Waals surface area (Å²) in [7, 11) is 0. The van der Waals surface area contributed by atoms with Crippen LogP contribution in [0.3, 0.4) is 0 Å². The number of piperazine rings is 1. The number of aromatic hydroxyl groups is 1. The summed E-state index contributed by atoms with van der Waals surface area (Å²) in [5, 5.41) is 18.7. The van der Waals surface area contributed by atoms with Crippen molar-refractivity contribution < 1.29 is 23.8 Å². The van der Waals surface area contributed by atoms with Crippen LogP contribution in [0, 0.1) is 5.82 Å². The first-order chi connectivity index (χ1) is 18.8. The van der Waals surface area contributed by atoms with Gasteiger partial charge in [0.2, 0.25) is 5.91 Å². The molecule has 0 spiro atoms. The first-order valence-corrected chi connectivity index (χ1v) is 12.9. The van der Waals surface area contributed by atoms with Crippen LogP contribution in [0.1, 0.15) is 23.1 Å². The Balaban J connectivity index is 1.52. The van der Waals surface area contributed by atoms with Gasteiger partial charge in [-0.3, -0.25) is 9.59 Å². The molecule has 2 aromatic heterocycles. The van der Waals surface area contributed by atoms with Gasteiger partial charge in [0, 0.05) is 32.2 Å². The Kier molecular flexibility index (Phi) is 6.13. The minimum atomic E-state index is -0.724. The summed E-state index contributed by atoms with van der Waals surface area (Å²) in [4.78, 5) is 36.3. The molecule has 1 saturated heterocycles. The molecule has 11 nitrogen and oxygen atoms in total. The molecule has 13 heteroatoms. The van der Waals surface area contributed by atoms with Gasteiger partial charge in [0.05, 0.1) is 18.2 Å². The zero-order valence-corrected chi connectivity index (χ0v) is 21.8. The number of hydrogen-bond acceptors (Lipinski definition) is 8.